The number of hydrogen-bond donors (Lipinski definition) is 0. The summed E-state index contributed by atoms with van der Waals surface area (Å²) in [6.45, 7) is 12.6. The molecule has 4 rings (SSSR count). The van der Waals surface area contributed by atoms with Gasteiger partial charge < -0.3 is 38.2 Å². The van der Waals surface area contributed by atoms with Gasteiger partial charge in [-0.25, -0.2) is 0 Å². The predicted octanol–water partition coefficient (Wildman–Crippen LogP) is 12.6. The number of esters is 6. The Hall–Kier alpha value is -3.40. The molecular weight excluding hydrogens is 1010 g/mol. The topological polar surface area (TPSA) is 181 Å². The average molecular weight is 1120 g/mol. The van der Waals surface area contributed by atoms with Crippen LogP contribution in [0.1, 0.15) is 215 Å². The molecule has 1 amide bonds. The first-order valence-corrected chi connectivity index (χ1v) is 31.6. The van der Waals surface area contributed by atoms with E-state index in [0.29, 0.717) is 78.8 Å². The molecular formula is C62H106N2O13S. The number of ether oxygens (including phenoxy) is 6. The summed E-state index contributed by atoms with van der Waals surface area (Å²) in [6, 6.07) is 0. The third-order valence-corrected chi connectivity index (χ3v) is 18.5. The maximum atomic E-state index is 13.7. The number of rotatable bonds is 34. The van der Waals surface area contributed by atoms with Gasteiger partial charge in [0.05, 0.1) is 23.7 Å². The minimum Gasteiger partial charge on any atom is -0.465 e. The second kappa shape index (κ2) is 36.1. The molecule has 4 aliphatic carbocycles. The summed E-state index contributed by atoms with van der Waals surface area (Å²) in [6.07, 6.45) is 22.9. The molecule has 4 aliphatic rings. The highest BCUT2D eigenvalue weighted by Crippen LogP contribution is 2.35. The SMILES string of the molecule is CC1CCC(CCC(=O)OCC(C)(COC(=O)CCC2CCC(C)CC2)COC(=O)CCN(CCC(=O)OCC(C)(COC(=O)CCC2CCC(C)CC2)COC(=O)CCC2CCC(C)CC2)C(=O)SCCCN(C)C)CC1. The molecule has 0 heterocycles. The predicted molar refractivity (Wildman–Crippen MR) is 305 cm³/mol. The lowest BCUT2D eigenvalue weighted by molar-refractivity contribution is -0.163. The van der Waals surface area contributed by atoms with E-state index in [1.54, 1.807) is 13.8 Å². The third-order valence-electron chi connectivity index (χ3n) is 17.5. The number of amides is 1. The van der Waals surface area contributed by atoms with Crippen LogP contribution < -0.4 is 0 Å². The van der Waals surface area contributed by atoms with Crippen molar-refractivity contribution in [2.24, 2.45) is 58.2 Å². The average Bonchev–Trinajstić information content (AvgIpc) is 3.42. The molecule has 0 unspecified atom stereocenters. The van der Waals surface area contributed by atoms with Crippen LogP contribution in [-0.4, -0.2) is 130 Å². The van der Waals surface area contributed by atoms with E-state index in [9.17, 15) is 33.6 Å². The van der Waals surface area contributed by atoms with Crippen LogP contribution in [0.5, 0.6) is 0 Å². The van der Waals surface area contributed by atoms with Gasteiger partial charge in [-0.15, -0.1) is 0 Å². The van der Waals surface area contributed by atoms with Gasteiger partial charge in [0.2, 0.25) is 0 Å². The van der Waals surface area contributed by atoms with E-state index in [-0.39, 0.29) is 94.7 Å². The van der Waals surface area contributed by atoms with Gasteiger partial charge in [-0.1, -0.05) is 142 Å². The van der Waals surface area contributed by atoms with Crippen molar-refractivity contribution in [2.45, 2.75) is 215 Å². The molecule has 0 saturated heterocycles. The number of carbonyl (C=O) groups is 7. The Morgan fingerprint density at radius 2 is 0.628 bits per heavy atom. The Kier molecular flexibility index (Phi) is 31.1. The molecule has 0 aromatic heterocycles. The van der Waals surface area contributed by atoms with Gasteiger partial charge in [0.1, 0.15) is 39.6 Å². The Morgan fingerprint density at radius 1 is 0.385 bits per heavy atom. The van der Waals surface area contributed by atoms with Gasteiger partial charge in [0.25, 0.3) is 5.24 Å². The van der Waals surface area contributed by atoms with Crippen LogP contribution in [0.3, 0.4) is 0 Å². The van der Waals surface area contributed by atoms with Crippen molar-refractivity contribution in [3.05, 3.63) is 0 Å². The summed E-state index contributed by atoms with van der Waals surface area (Å²) < 4.78 is 34.7. The van der Waals surface area contributed by atoms with Crippen LogP contribution in [0.2, 0.25) is 0 Å². The van der Waals surface area contributed by atoms with Crippen molar-refractivity contribution in [3.8, 4) is 0 Å². The standard InChI is InChI=1S/C62H106N2O13S/c1-46-10-18-50(19-11-46)26-30-54(65)72-40-61(5,41-73-55(66)31-27-51-20-12-47(2)13-21-51)44-76-58(69)34-37-64(60(71)78-39-9-36-63(7)8)38-35-59(70)77-45-62(6,42-74-56(67)32-28-52-22-14-48(3)15-23-52)43-75-57(68)33-29-53-24-16-49(4)17-25-53/h46-53H,9-45H2,1-8H3. The highest BCUT2D eigenvalue weighted by atomic mass is 32.2. The number of thioether (sulfide) groups is 1. The second-order valence-electron chi connectivity index (χ2n) is 26.0. The molecule has 0 aliphatic heterocycles. The van der Waals surface area contributed by atoms with Crippen molar-refractivity contribution in [2.75, 3.05) is 79.1 Å². The van der Waals surface area contributed by atoms with Gasteiger partial charge in [-0.05, 0) is 114 Å². The Morgan fingerprint density at radius 3 is 0.872 bits per heavy atom. The van der Waals surface area contributed by atoms with E-state index in [2.05, 4.69) is 27.7 Å². The van der Waals surface area contributed by atoms with Gasteiger partial charge in [-0.3, -0.25) is 33.6 Å². The van der Waals surface area contributed by atoms with Gasteiger partial charge in [-0.2, -0.15) is 0 Å². The maximum absolute atomic E-state index is 13.7. The molecule has 0 radical (unpaired) electrons. The molecule has 0 aromatic rings. The van der Waals surface area contributed by atoms with Crippen LogP contribution in [-0.2, 0) is 57.2 Å². The van der Waals surface area contributed by atoms with E-state index in [1.165, 1.54) is 56.3 Å². The smallest absolute Gasteiger partial charge is 0.307 e. The maximum Gasteiger partial charge on any atom is 0.307 e. The van der Waals surface area contributed by atoms with E-state index in [0.717, 1.165) is 102 Å². The highest BCUT2D eigenvalue weighted by Gasteiger charge is 2.34. The molecule has 0 atom stereocenters. The quantitative estimate of drug-likeness (QED) is 0.0337. The minimum atomic E-state index is -1.02. The molecule has 78 heavy (non-hydrogen) atoms. The van der Waals surface area contributed by atoms with Crippen molar-refractivity contribution in [3.63, 3.8) is 0 Å². The van der Waals surface area contributed by atoms with E-state index in [4.69, 9.17) is 28.4 Å². The molecule has 4 fully saturated rings. The van der Waals surface area contributed by atoms with Crippen molar-refractivity contribution < 1.29 is 62.0 Å². The van der Waals surface area contributed by atoms with Gasteiger partial charge >= 0.3 is 35.8 Å². The molecule has 0 spiro atoms. The van der Waals surface area contributed by atoms with Gasteiger partial charge in [0.15, 0.2) is 0 Å². The molecule has 0 N–H and O–H groups in total. The van der Waals surface area contributed by atoms with E-state index in [1.807, 2.05) is 19.0 Å². The van der Waals surface area contributed by atoms with Crippen LogP contribution in [0.25, 0.3) is 0 Å². The lowest BCUT2D eigenvalue weighted by Crippen LogP contribution is -2.38. The van der Waals surface area contributed by atoms with E-state index < -0.39 is 22.8 Å². The normalized spacial score (nSPS) is 25.1. The largest absolute Gasteiger partial charge is 0.465 e. The zero-order chi connectivity index (χ0) is 56.9. The molecule has 0 aromatic carbocycles. The van der Waals surface area contributed by atoms with E-state index >= 15 is 0 Å². The summed E-state index contributed by atoms with van der Waals surface area (Å²) in [5.41, 5.74) is -2.04. The van der Waals surface area contributed by atoms with Crippen molar-refractivity contribution in [1.82, 2.24) is 9.80 Å². The first-order valence-electron chi connectivity index (χ1n) is 30.7. The highest BCUT2D eigenvalue weighted by molar-refractivity contribution is 8.13. The summed E-state index contributed by atoms with van der Waals surface area (Å²) in [5.74, 6) is 2.87. The monoisotopic (exact) mass is 1120 g/mol. The molecule has 0 bridgehead atoms. The summed E-state index contributed by atoms with van der Waals surface area (Å²) in [7, 11) is 3.92. The Balaban J connectivity index is 1.33. The minimum absolute atomic E-state index is 0.0322. The summed E-state index contributed by atoms with van der Waals surface area (Å²) in [4.78, 5) is 96.4. The van der Waals surface area contributed by atoms with Crippen molar-refractivity contribution in [1.29, 1.82) is 0 Å². The number of carbonyl (C=O) groups excluding carboxylic acids is 7. The number of hydrogen-bond acceptors (Lipinski definition) is 15. The fraction of sp³-hybridized carbons (Fsp3) is 0.887. The third kappa shape index (κ3) is 28.8. The first-order chi connectivity index (χ1) is 37.2. The van der Waals surface area contributed by atoms with Crippen LogP contribution in [0, 0.1) is 58.2 Å². The van der Waals surface area contributed by atoms with Crippen LogP contribution in [0.15, 0.2) is 0 Å². The fourth-order valence-corrected chi connectivity index (χ4v) is 12.2. The molecule has 15 nitrogen and oxygen atoms in total. The van der Waals surface area contributed by atoms with Crippen LogP contribution >= 0.6 is 11.8 Å². The Bertz CT molecular complexity index is 1600. The zero-order valence-corrected chi connectivity index (χ0v) is 50.7. The van der Waals surface area contributed by atoms with Crippen LogP contribution in [0.4, 0.5) is 4.79 Å². The second-order valence-corrected chi connectivity index (χ2v) is 27.0. The molecule has 448 valence electrons. The molecule has 4 saturated carbocycles. The fourth-order valence-electron chi connectivity index (χ4n) is 11.3. The lowest BCUT2D eigenvalue weighted by Gasteiger charge is -2.29. The number of nitrogens with zero attached hydrogens (tertiary/aromatic N) is 2. The Labute approximate surface area is 474 Å². The molecule has 16 heteroatoms. The summed E-state index contributed by atoms with van der Waals surface area (Å²) in [5, 5.41) is -0.294. The van der Waals surface area contributed by atoms with Crippen molar-refractivity contribution >= 4 is 52.8 Å². The first kappa shape index (κ1) is 67.1. The lowest BCUT2D eigenvalue weighted by atomic mass is 9.81. The summed E-state index contributed by atoms with van der Waals surface area (Å²) >= 11 is 1.12. The van der Waals surface area contributed by atoms with Gasteiger partial charge in [0, 0.05) is 44.5 Å². The zero-order valence-electron chi connectivity index (χ0n) is 49.9.